The lowest BCUT2D eigenvalue weighted by Gasteiger charge is -2.36. The van der Waals surface area contributed by atoms with E-state index in [1.165, 1.54) is 0 Å². The highest BCUT2D eigenvalue weighted by Gasteiger charge is 2.38. The van der Waals surface area contributed by atoms with Crippen molar-refractivity contribution in [3.63, 3.8) is 0 Å². The van der Waals surface area contributed by atoms with E-state index in [4.69, 9.17) is 4.74 Å². The van der Waals surface area contributed by atoms with E-state index >= 15 is 0 Å². The fourth-order valence-electron chi connectivity index (χ4n) is 5.83. The summed E-state index contributed by atoms with van der Waals surface area (Å²) in [6.45, 7) is 11.0. The predicted octanol–water partition coefficient (Wildman–Crippen LogP) is 3.13. The van der Waals surface area contributed by atoms with Gasteiger partial charge in [-0.25, -0.2) is 4.79 Å². The molecule has 2 saturated heterocycles. The highest BCUT2D eigenvalue weighted by molar-refractivity contribution is 5.96. The second kappa shape index (κ2) is 13.8. The summed E-state index contributed by atoms with van der Waals surface area (Å²) in [6.07, 6.45) is 8.96. The van der Waals surface area contributed by atoms with Gasteiger partial charge in [-0.2, -0.15) is 0 Å². The highest BCUT2D eigenvalue weighted by Crippen LogP contribution is 2.27. The number of nitrogens with zero attached hydrogens (tertiary/aromatic N) is 3. The Morgan fingerprint density at radius 1 is 0.897 bits per heavy atom. The van der Waals surface area contributed by atoms with Crippen LogP contribution < -0.4 is 5.32 Å². The van der Waals surface area contributed by atoms with Crippen LogP contribution in [0.15, 0.2) is 11.6 Å². The first-order valence-electron chi connectivity index (χ1n) is 14.9. The lowest BCUT2D eigenvalue weighted by Crippen LogP contribution is -2.57. The van der Waals surface area contributed by atoms with Gasteiger partial charge in [0.1, 0.15) is 18.2 Å². The Morgan fingerprint density at radius 3 is 2.13 bits per heavy atom. The number of carbonyl (C=O) groups is 4. The summed E-state index contributed by atoms with van der Waals surface area (Å²) in [5.74, 6) is -0.824. The van der Waals surface area contributed by atoms with E-state index < -0.39 is 12.1 Å². The maximum Gasteiger partial charge on any atom is 0.329 e. The first kappa shape index (κ1) is 31.1. The smallest absolute Gasteiger partial charge is 0.329 e. The molecule has 3 amide bonds. The molecule has 0 spiro atoms. The minimum absolute atomic E-state index is 0.00965. The predicted molar refractivity (Wildman–Crippen MR) is 151 cm³/mol. The van der Waals surface area contributed by atoms with Crippen LogP contribution in [0.2, 0.25) is 0 Å². The lowest BCUT2D eigenvalue weighted by molar-refractivity contribution is -0.160. The van der Waals surface area contributed by atoms with Crippen molar-refractivity contribution in [1.29, 1.82) is 0 Å². The molecule has 0 radical (unpaired) electrons. The highest BCUT2D eigenvalue weighted by atomic mass is 16.5. The Balaban J connectivity index is 1.71. The van der Waals surface area contributed by atoms with E-state index in [1.54, 1.807) is 23.8 Å². The van der Waals surface area contributed by atoms with Crippen LogP contribution in [0.3, 0.4) is 0 Å². The second-order valence-electron chi connectivity index (χ2n) is 12.4. The molecule has 3 aliphatic rings. The van der Waals surface area contributed by atoms with Crippen molar-refractivity contribution in [2.75, 3.05) is 27.2 Å². The number of amides is 3. The molecule has 0 aromatic rings. The van der Waals surface area contributed by atoms with Gasteiger partial charge in [0.25, 0.3) is 0 Å². The third-order valence-corrected chi connectivity index (χ3v) is 8.66. The van der Waals surface area contributed by atoms with Gasteiger partial charge in [0, 0.05) is 19.2 Å². The molecule has 2 heterocycles. The van der Waals surface area contributed by atoms with Crippen molar-refractivity contribution in [3.05, 3.63) is 11.6 Å². The summed E-state index contributed by atoms with van der Waals surface area (Å²) in [6, 6.07) is -1.77. The molecule has 3 fully saturated rings. The van der Waals surface area contributed by atoms with Crippen LogP contribution in [0.1, 0.15) is 86.0 Å². The number of likely N-dealkylation sites (N-methyl/N-ethyl adjacent to an activating group) is 2. The normalized spacial score (nSPS) is 24.3. The molecule has 1 N–H and O–H groups in total. The zero-order valence-electron chi connectivity index (χ0n) is 25.1. The van der Waals surface area contributed by atoms with Crippen molar-refractivity contribution in [3.8, 4) is 0 Å². The molecule has 3 rings (SSSR count). The van der Waals surface area contributed by atoms with Crippen LogP contribution in [-0.2, 0) is 23.9 Å². The van der Waals surface area contributed by atoms with Gasteiger partial charge in [-0.3, -0.25) is 19.3 Å². The van der Waals surface area contributed by atoms with Gasteiger partial charge in [0.05, 0.1) is 12.1 Å². The number of hydrogen-bond donors (Lipinski definition) is 1. The summed E-state index contributed by atoms with van der Waals surface area (Å²) in [4.78, 5) is 58.4. The molecule has 1 aliphatic carbocycles. The zero-order chi connectivity index (χ0) is 28.9. The van der Waals surface area contributed by atoms with Crippen LogP contribution in [0.5, 0.6) is 0 Å². The topological polar surface area (TPSA) is 99.3 Å². The van der Waals surface area contributed by atoms with E-state index in [9.17, 15) is 19.2 Å². The van der Waals surface area contributed by atoms with Crippen LogP contribution in [0.25, 0.3) is 0 Å². The number of ether oxygens (including phenoxy) is 1. The molecule has 9 nitrogen and oxygen atoms in total. The average molecular weight is 547 g/mol. The SMILES string of the molecule is C/C(=C\C(C(C)C)N(C)C(=O)C(NC(=O)C1CCCCN1C)C(C)C)C(=O)N1CCCC1C(=O)OC1CCC1. The zero-order valence-corrected chi connectivity index (χ0v) is 25.1. The Morgan fingerprint density at radius 2 is 1.56 bits per heavy atom. The summed E-state index contributed by atoms with van der Waals surface area (Å²) < 4.78 is 5.61. The summed E-state index contributed by atoms with van der Waals surface area (Å²) in [7, 11) is 3.70. The van der Waals surface area contributed by atoms with E-state index in [2.05, 4.69) is 10.2 Å². The van der Waals surface area contributed by atoms with Crippen LogP contribution >= 0.6 is 0 Å². The summed E-state index contributed by atoms with van der Waals surface area (Å²) in [5, 5.41) is 3.04. The fourth-order valence-corrected chi connectivity index (χ4v) is 5.83. The number of rotatable bonds is 10. The summed E-state index contributed by atoms with van der Waals surface area (Å²) >= 11 is 0. The van der Waals surface area contributed by atoms with Crippen molar-refractivity contribution in [2.24, 2.45) is 11.8 Å². The van der Waals surface area contributed by atoms with Gasteiger partial charge < -0.3 is 19.9 Å². The number of carbonyl (C=O) groups excluding carboxylic acids is 4. The lowest BCUT2D eigenvalue weighted by atomic mass is 9.95. The van der Waals surface area contributed by atoms with Crippen molar-refractivity contribution in [2.45, 2.75) is 116 Å². The number of piperidine rings is 1. The average Bonchev–Trinajstić information content (AvgIpc) is 3.36. The van der Waals surface area contributed by atoms with Crippen LogP contribution in [-0.4, -0.2) is 95.8 Å². The molecule has 4 atom stereocenters. The van der Waals surface area contributed by atoms with Gasteiger partial charge in [-0.15, -0.1) is 0 Å². The molecule has 9 heteroatoms. The van der Waals surface area contributed by atoms with E-state index in [0.29, 0.717) is 18.5 Å². The molecular weight excluding hydrogens is 496 g/mol. The number of likely N-dealkylation sites (tertiary alicyclic amines) is 2. The molecule has 1 saturated carbocycles. The quantitative estimate of drug-likeness (QED) is 0.334. The Hall–Kier alpha value is -2.42. The minimum atomic E-state index is -0.660. The molecule has 39 heavy (non-hydrogen) atoms. The molecule has 0 aromatic heterocycles. The molecule has 220 valence electrons. The van der Waals surface area contributed by atoms with E-state index in [0.717, 1.165) is 51.5 Å². The standard InChI is InChI=1S/C30H50N4O5/c1-19(2)25(18-21(5)28(36)34-17-11-15-24(34)30(38)39-22-12-10-13-22)33(7)29(37)26(20(3)4)31-27(35)23-14-8-9-16-32(23)6/h18-20,22-26H,8-17H2,1-7H3,(H,31,35)/b21-18+. The monoisotopic (exact) mass is 546 g/mol. The molecule has 2 aliphatic heterocycles. The third kappa shape index (κ3) is 7.62. The van der Waals surface area contributed by atoms with Crippen molar-refractivity contribution < 1.29 is 23.9 Å². The molecule has 4 unspecified atom stereocenters. The van der Waals surface area contributed by atoms with Crippen molar-refractivity contribution >= 4 is 23.7 Å². The molecule has 0 aromatic carbocycles. The van der Waals surface area contributed by atoms with Crippen LogP contribution in [0, 0.1) is 11.8 Å². The largest absolute Gasteiger partial charge is 0.461 e. The van der Waals surface area contributed by atoms with E-state index in [-0.39, 0.29) is 53.7 Å². The number of esters is 1. The van der Waals surface area contributed by atoms with Gasteiger partial charge >= 0.3 is 5.97 Å². The Labute approximate surface area is 234 Å². The van der Waals surface area contributed by atoms with Gasteiger partial charge in [-0.05, 0) is 77.3 Å². The van der Waals surface area contributed by atoms with Gasteiger partial charge in [-0.1, -0.05) is 40.2 Å². The Kier molecular flexibility index (Phi) is 11.0. The maximum atomic E-state index is 13.7. The first-order valence-corrected chi connectivity index (χ1v) is 14.9. The molecular formula is C30H50N4O5. The Bertz CT molecular complexity index is 928. The first-order chi connectivity index (χ1) is 18.4. The number of hydrogen-bond acceptors (Lipinski definition) is 6. The fraction of sp³-hybridized carbons (Fsp3) is 0.800. The van der Waals surface area contributed by atoms with Gasteiger partial charge in [0.15, 0.2) is 0 Å². The third-order valence-electron chi connectivity index (χ3n) is 8.66. The second-order valence-corrected chi connectivity index (χ2v) is 12.4. The van der Waals surface area contributed by atoms with Gasteiger partial charge in [0.2, 0.25) is 17.7 Å². The van der Waals surface area contributed by atoms with Crippen molar-refractivity contribution in [1.82, 2.24) is 20.0 Å². The summed E-state index contributed by atoms with van der Waals surface area (Å²) in [5.41, 5.74) is 0.505. The van der Waals surface area contributed by atoms with E-state index in [1.807, 2.05) is 40.8 Å². The number of nitrogens with one attached hydrogen (secondary N) is 1. The minimum Gasteiger partial charge on any atom is -0.461 e. The maximum absolute atomic E-state index is 13.7. The molecule has 0 bridgehead atoms. The van der Waals surface area contributed by atoms with Crippen LogP contribution in [0.4, 0.5) is 0 Å².